The standard InChI is InChI=1S/C16H16N2O4S2/c1-8-9(2)24-13-12(8)14(19)18(3)16(17-13)23-7-11-10(5-6-22-11)15(20)21-4/h5-6H,7H2,1-4H3. The number of aryl methyl sites for hydroxylation is 2. The third-order valence-electron chi connectivity index (χ3n) is 3.85. The fourth-order valence-corrected chi connectivity index (χ4v) is 4.35. The van der Waals surface area contributed by atoms with Crippen LogP contribution in [0.3, 0.4) is 0 Å². The number of esters is 1. The van der Waals surface area contributed by atoms with E-state index in [1.54, 1.807) is 13.1 Å². The number of nitrogens with zero attached hydrogens (tertiary/aromatic N) is 2. The monoisotopic (exact) mass is 364 g/mol. The van der Waals surface area contributed by atoms with E-state index in [-0.39, 0.29) is 5.56 Å². The lowest BCUT2D eigenvalue weighted by atomic mass is 10.2. The first kappa shape index (κ1) is 16.8. The van der Waals surface area contributed by atoms with Gasteiger partial charge in [-0.1, -0.05) is 11.8 Å². The summed E-state index contributed by atoms with van der Waals surface area (Å²) in [4.78, 5) is 30.7. The lowest BCUT2D eigenvalue weighted by Gasteiger charge is -2.07. The molecule has 3 rings (SSSR count). The fraction of sp³-hybridized carbons (Fsp3) is 0.312. The van der Waals surface area contributed by atoms with Crippen molar-refractivity contribution in [3.63, 3.8) is 0 Å². The van der Waals surface area contributed by atoms with Crippen LogP contribution in [0.5, 0.6) is 0 Å². The summed E-state index contributed by atoms with van der Waals surface area (Å²) in [5.41, 5.74) is 1.31. The van der Waals surface area contributed by atoms with Gasteiger partial charge in [0.2, 0.25) is 0 Å². The van der Waals surface area contributed by atoms with E-state index in [4.69, 9.17) is 9.15 Å². The Hall–Kier alpha value is -2.06. The lowest BCUT2D eigenvalue weighted by molar-refractivity contribution is 0.0598. The van der Waals surface area contributed by atoms with Gasteiger partial charge in [-0.2, -0.15) is 0 Å². The van der Waals surface area contributed by atoms with Crippen molar-refractivity contribution in [3.05, 3.63) is 44.4 Å². The Labute approximate surface area is 146 Å². The number of methoxy groups -OCH3 is 1. The summed E-state index contributed by atoms with van der Waals surface area (Å²) in [6.45, 7) is 3.93. The van der Waals surface area contributed by atoms with E-state index < -0.39 is 5.97 Å². The Kier molecular flexibility index (Phi) is 4.51. The summed E-state index contributed by atoms with van der Waals surface area (Å²) in [7, 11) is 3.03. The number of ether oxygens (including phenoxy) is 1. The smallest absolute Gasteiger partial charge is 0.341 e. The molecule has 0 unspecified atom stereocenters. The number of carbonyl (C=O) groups excluding carboxylic acids is 1. The highest BCUT2D eigenvalue weighted by Gasteiger charge is 2.18. The molecule has 126 valence electrons. The van der Waals surface area contributed by atoms with Gasteiger partial charge in [-0.05, 0) is 25.5 Å². The summed E-state index contributed by atoms with van der Waals surface area (Å²) in [6.07, 6.45) is 1.45. The van der Waals surface area contributed by atoms with Crippen molar-refractivity contribution < 1.29 is 13.9 Å². The molecule has 8 heteroatoms. The van der Waals surface area contributed by atoms with E-state index in [0.717, 1.165) is 15.3 Å². The Morgan fingerprint density at radius 2 is 2.21 bits per heavy atom. The number of hydrogen-bond donors (Lipinski definition) is 0. The minimum Gasteiger partial charge on any atom is -0.468 e. The molecule has 0 radical (unpaired) electrons. The van der Waals surface area contributed by atoms with Crippen LogP contribution in [0.4, 0.5) is 0 Å². The van der Waals surface area contributed by atoms with Gasteiger partial charge in [-0.15, -0.1) is 11.3 Å². The van der Waals surface area contributed by atoms with Crippen LogP contribution in [0, 0.1) is 13.8 Å². The summed E-state index contributed by atoms with van der Waals surface area (Å²) in [5.74, 6) is 0.438. The summed E-state index contributed by atoms with van der Waals surface area (Å²) in [5, 5.41) is 1.26. The van der Waals surface area contributed by atoms with Crippen LogP contribution in [0.2, 0.25) is 0 Å². The Morgan fingerprint density at radius 3 is 2.92 bits per heavy atom. The molecule has 0 aromatic carbocycles. The molecule has 3 heterocycles. The predicted molar refractivity (Wildman–Crippen MR) is 93.9 cm³/mol. The molecule has 0 bridgehead atoms. The van der Waals surface area contributed by atoms with Crippen molar-refractivity contribution in [3.8, 4) is 0 Å². The molecule has 3 aromatic rings. The molecule has 6 nitrogen and oxygen atoms in total. The highest BCUT2D eigenvalue weighted by molar-refractivity contribution is 7.98. The van der Waals surface area contributed by atoms with Crippen molar-refractivity contribution in [1.29, 1.82) is 0 Å². The van der Waals surface area contributed by atoms with E-state index in [0.29, 0.717) is 27.6 Å². The minimum absolute atomic E-state index is 0.0583. The van der Waals surface area contributed by atoms with E-state index in [2.05, 4.69) is 4.98 Å². The maximum absolute atomic E-state index is 12.6. The minimum atomic E-state index is -0.443. The Bertz CT molecular complexity index is 984. The number of thioether (sulfide) groups is 1. The summed E-state index contributed by atoms with van der Waals surface area (Å²) in [6, 6.07) is 1.57. The van der Waals surface area contributed by atoms with Crippen LogP contribution in [0.1, 0.15) is 26.6 Å². The normalized spacial score (nSPS) is 11.2. The van der Waals surface area contributed by atoms with Crippen molar-refractivity contribution >= 4 is 39.3 Å². The zero-order chi connectivity index (χ0) is 17.4. The number of rotatable bonds is 4. The molecule has 24 heavy (non-hydrogen) atoms. The van der Waals surface area contributed by atoms with Gasteiger partial charge >= 0.3 is 5.97 Å². The first-order valence-corrected chi connectivity index (χ1v) is 8.98. The van der Waals surface area contributed by atoms with Gasteiger partial charge in [0.1, 0.15) is 16.2 Å². The average Bonchev–Trinajstić information content (AvgIpc) is 3.14. The number of furan rings is 1. The summed E-state index contributed by atoms with van der Waals surface area (Å²) >= 11 is 2.86. The molecule has 0 amide bonds. The van der Waals surface area contributed by atoms with Gasteiger partial charge in [0.25, 0.3) is 5.56 Å². The van der Waals surface area contributed by atoms with Gasteiger partial charge < -0.3 is 9.15 Å². The molecule has 0 saturated heterocycles. The number of carbonyl (C=O) groups is 1. The van der Waals surface area contributed by atoms with E-state index in [1.165, 1.54) is 41.0 Å². The maximum Gasteiger partial charge on any atom is 0.341 e. The van der Waals surface area contributed by atoms with E-state index >= 15 is 0 Å². The molecule has 0 fully saturated rings. The van der Waals surface area contributed by atoms with Crippen molar-refractivity contribution in [2.75, 3.05) is 7.11 Å². The van der Waals surface area contributed by atoms with Crippen LogP contribution in [0.15, 0.2) is 26.7 Å². The maximum atomic E-state index is 12.6. The van der Waals surface area contributed by atoms with Gasteiger partial charge in [-0.25, -0.2) is 9.78 Å². The highest BCUT2D eigenvalue weighted by atomic mass is 32.2. The summed E-state index contributed by atoms with van der Waals surface area (Å²) < 4.78 is 11.6. The zero-order valence-electron chi connectivity index (χ0n) is 13.7. The zero-order valence-corrected chi connectivity index (χ0v) is 15.3. The second kappa shape index (κ2) is 6.45. The molecule has 0 saturated carbocycles. The molecule has 0 atom stereocenters. The molecule has 0 spiro atoms. The predicted octanol–water partition coefficient (Wildman–Crippen LogP) is 3.28. The molecule has 0 aliphatic rings. The first-order chi connectivity index (χ1) is 11.4. The fourth-order valence-electron chi connectivity index (χ4n) is 2.36. The molecule has 3 aromatic heterocycles. The molecule has 0 aliphatic carbocycles. The highest BCUT2D eigenvalue weighted by Crippen LogP contribution is 2.29. The molecular formula is C16H16N2O4S2. The van der Waals surface area contributed by atoms with Crippen molar-refractivity contribution in [2.24, 2.45) is 7.05 Å². The average molecular weight is 364 g/mol. The van der Waals surface area contributed by atoms with E-state index in [9.17, 15) is 9.59 Å². The second-order valence-electron chi connectivity index (χ2n) is 5.26. The third kappa shape index (κ3) is 2.76. The number of aromatic nitrogens is 2. The molecule has 0 N–H and O–H groups in total. The van der Waals surface area contributed by atoms with Crippen LogP contribution in [-0.2, 0) is 17.5 Å². The van der Waals surface area contributed by atoms with Gasteiger partial charge in [0.05, 0.1) is 24.5 Å². The molecule has 0 aliphatic heterocycles. The van der Waals surface area contributed by atoms with Gasteiger partial charge in [0, 0.05) is 11.9 Å². The van der Waals surface area contributed by atoms with Crippen molar-refractivity contribution in [2.45, 2.75) is 24.8 Å². The van der Waals surface area contributed by atoms with Gasteiger partial charge in [-0.3, -0.25) is 9.36 Å². The van der Waals surface area contributed by atoms with E-state index in [1.807, 2.05) is 13.8 Å². The number of thiophene rings is 1. The van der Waals surface area contributed by atoms with Crippen LogP contribution >= 0.6 is 23.1 Å². The van der Waals surface area contributed by atoms with Crippen molar-refractivity contribution in [1.82, 2.24) is 9.55 Å². The SMILES string of the molecule is COC(=O)c1ccoc1CSc1nc2sc(C)c(C)c2c(=O)n1C. The lowest BCUT2D eigenvalue weighted by Crippen LogP contribution is -2.19. The van der Waals surface area contributed by atoms with Crippen LogP contribution in [0.25, 0.3) is 10.2 Å². The second-order valence-corrected chi connectivity index (χ2v) is 7.41. The largest absolute Gasteiger partial charge is 0.468 e. The quantitative estimate of drug-likeness (QED) is 0.402. The van der Waals surface area contributed by atoms with Crippen LogP contribution < -0.4 is 5.56 Å². The molecular weight excluding hydrogens is 348 g/mol. The number of fused-ring (bicyclic) bond motifs is 1. The van der Waals surface area contributed by atoms with Crippen LogP contribution in [-0.4, -0.2) is 22.6 Å². The number of hydrogen-bond acceptors (Lipinski definition) is 7. The Balaban J connectivity index is 1.94. The third-order valence-corrected chi connectivity index (χ3v) is 5.98. The topological polar surface area (TPSA) is 74.3 Å². The Morgan fingerprint density at radius 1 is 1.46 bits per heavy atom. The first-order valence-electron chi connectivity index (χ1n) is 7.18. The van der Waals surface area contributed by atoms with Gasteiger partial charge in [0.15, 0.2) is 5.16 Å².